The summed E-state index contributed by atoms with van der Waals surface area (Å²) in [6, 6.07) is 0. The molecule has 0 unspecified atom stereocenters. The van der Waals surface area contributed by atoms with Crippen LogP contribution in [-0.4, -0.2) is 11.3 Å². The van der Waals surface area contributed by atoms with Crippen LogP contribution in [-0.2, 0) is 0 Å². The van der Waals surface area contributed by atoms with E-state index >= 15 is 0 Å². The zero-order valence-corrected chi connectivity index (χ0v) is 7.21. The standard InChI is InChI=1S/C8H13ClF2/c9-8(6-7(10)11)4-2-1-3-5-8/h7H,1-6H2. The summed E-state index contributed by atoms with van der Waals surface area (Å²) in [6.07, 6.45) is 2.32. The minimum Gasteiger partial charge on any atom is -0.210 e. The molecule has 0 radical (unpaired) electrons. The summed E-state index contributed by atoms with van der Waals surface area (Å²) in [7, 11) is 0. The number of hydrogen-bond acceptors (Lipinski definition) is 0. The van der Waals surface area contributed by atoms with Gasteiger partial charge in [-0.3, -0.25) is 0 Å². The van der Waals surface area contributed by atoms with Crippen LogP contribution in [0.3, 0.4) is 0 Å². The number of hydrogen-bond donors (Lipinski definition) is 0. The molecule has 1 rings (SSSR count). The van der Waals surface area contributed by atoms with Crippen molar-refractivity contribution < 1.29 is 8.78 Å². The summed E-state index contributed by atoms with van der Waals surface area (Å²) in [6.45, 7) is 0. The number of halogens is 3. The van der Waals surface area contributed by atoms with E-state index in [0.717, 1.165) is 32.1 Å². The molecule has 11 heavy (non-hydrogen) atoms. The molecule has 0 aromatic rings. The van der Waals surface area contributed by atoms with Gasteiger partial charge in [0, 0.05) is 6.42 Å². The summed E-state index contributed by atoms with van der Waals surface area (Å²) >= 11 is 5.99. The number of rotatable bonds is 2. The van der Waals surface area contributed by atoms with Gasteiger partial charge in [-0.05, 0) is 12.8 Å². The highest BCUT2D eigenvalue weighted by atomic mass is 35.5. The second-order valence-electron chi connectivity index (χ2n) is 3.31. The van der Waals surface area contributed by atoms with Crippen LogP contribution in [0.15, 0.2) is 0 Å². The maximum Gasteiger partial charge on any atom is 0.240 e. The summed E-state index contributed by atoms with van der Waals surface area (Å²) in [5.74, 6) is 0. The Kier molecular flexibility index (Phi) is 3.11. The molecule has 0 bridgehead atoms. The summed E-state index contributed by atoms with van der Waals surface area (Å²) in [5.41, 5.74) is 0. The van der Waals surface area contributed by atoms with Crippen LogP contribution in [0.25, 0.3) is 0 Å². The van der Waals surface area contributed by atoms with E-state index in [4.69, 9.17) is 11.6 Å². The quantitative estimate of drug-likeness (QED) is 0.573. The van der Waals surface area contributed by atoms with E-state index < -0.39 is 11.3 Å². The third-order valence-electron chi connectivity index (χ3n) is 2.27. The fraction of sp³-hybridized carbons (Fsp3) is 1.00. The smallest absolute Gasteiger partial charge is 0.210 e. The Balaban J connectivity index is 2.37. The van der Waals surface area contributed by atoms with Gasteiger partial charge in [-0.2, -0.15) is 0 Å². The second-order valence-corrected chi connectivity index (χ2v) is 4.11. The van der Waals surface area contributed by atoms with Crippen molar-refractivity contribution in [2.24, 2.45) is 0 Å². The van der Waals surface area contributed by atoms with Gasteiger partial charge in [0.25, 0.3) is 0 Å². The Bertz CT molecular complexity index is 119. The van der Waals surface area contributed by atoms with Crippen molar-refractivity contribution in [2.75, 3.05) is 0 Å². The van der Waals surface area contributed by atoms with Crippen LogP contribution < -0.4 is 0 Å². The average molecular weight is 183 g/mol. The van der Waals surface area contributed by atoms with E-state index in [1.807, 2.05) is 0 Å². The lowest BCUT2D eigenvalue weighted by Crippen LogP contribution is -2.27. The van der Waals surface area contributed by atoms with Crippen LogP contribution in [0.4, 0.5) is 8.78 Å². The molecule has 0 spiro atoms. The SMILES string of the molecule is FC(F)CC1(Cl)CCCCC1. The first-order valence-corrected chi connectivity index (χ1v) is 4.47. The normalized spacial score (nSPS) is 24.0. The topological polar surface area (TPSA) is 0 Å². The molecule has 1 saturated carbocycles. The van der Waals surface area contributed by atoms with Crippen molar-refractivity contribution in [3.63, 3.8) is 0 Å². The molecule has 0 heterocycles. The Morgan fingerprint density at radius 1 is 1.18 bits per heavy atom. The molecule has 3 heteroatoms. The van der Waals surface area contributed by atoms with Gasteiger partial charge in [-0.1, -0.05) is 19.3 Å². The van der Waals surface area contributed by atoms with Gasteiger partial charge < -0.3 is 0 Å². The van der Waals surface area contributed by atoms with E-state index in [1.54, 1.807) is 0 Å². The van der Waals surface area contributed by atoms with E-state index in [-0.39, 0.29) is 6.42 Å². The maximum absolute atomic E-state index is 12.0. The fourth-order valence-electron chi connectivity index (χ4n) is 1.67. The first kappa shape index (κ1) is 9.24. The molecule has 0 atom stereocenters. The van der Waals surface area contributed by atoms with Gasteiger partial charge in [0.1, 0.15) is 0 Å². The summed E-state index contributed by atoms with van der Waals surface area (Å²) < 4.78 is 24.0. The van der Waals surface area contributed by atoms with Crippen molar-refractivity contribution in [1.29, 1.82) is 0 Å². The van der Waals surface area contributed by atoms with Crippen LogP contribution in [0.5, 0.6) is 0 Å². The lowest BCUT2D eigenvalue weighted by molar-refractivity contribution is 0.112. The molecule has 66 valence electrons. The predicted molar refractivity (Wildman–Crippen MR) is 42.3 cm³/mol. The van der Waals surface area contributed by atoms with E-state index in [2.05, 4.69) is 0 Å². The minimum atomic E-state index is -2.24. The molecule has 0 aromatic carbocycles. The highest BCUT2D eigenvalue weighted by Crippen LogP contribution is 2.38. The van der Waals surface area contributed by atoms with Crippen molar-refractivity contribution >= 4 is 11.6 Å². The van der Waals surface area contributed by atoms with Crippen LogP contribution in [0.2, 0.25) is 0 Å². The van der Waals surface area contributed by atoms with E-state index in [1.165, 1.54) is 0 Å². The van der Waals surface area contributed by atoms with Gasteiger partial charge in [0.05, 0.1) is 4.87 Å². The van der Waals surface area contributed by atoms with Crippen molar-refractivity contribution in [3.05, 3.63) is 0 Å². The molecule has 1 aliphatic rings. The zero-order valence-electron chi connectivity index (χ0n) is 6.45. The highest BCUT2D eigenvalue weighted by molar-refractivity contribution is 6.24. The first-order valence-electron chi connectivity index (χ1n) is 4.09. The molecule has 0 saturated heterocycles. The summed E-state index contributed by atoms with van der Waals surface area (Å²) in [4.78, 5) is -0.577. The number of alkyl halides is 3. The average Bonchev–Trinajstić information content (AvgIpc) is 1.85. The molecule has 1 aliphatic carbocycles. The van der Waals surface area contributed by atoms with Crippen molar-refractivity contribution in [1.82, 2.24) is 0 Å². The minimum absolute atomic E-state index is 0.130. The van der Waals surface area contributed by atoms with Crippen LogP contribution in [0.1, 0.15) is 38.5 Å². The van der Waals surface area contributed by atoms with Gasteiger partial charge in [-0.25, -0.2) is 8.78 Å². The zero-order chi connectivity index (χ0) is 8.32. The van der Waals surface area contributed by atoms with E-state index in [9.17, 15) is 8.78 Å². The summed E-state index contributed by atoms with van der Waals surface area (Å²) in [5, 5.41) is 0. The second kappa shape index (κ2) is 3.70. The third-order valence-corrected chi connectivity index (χ3v) is 2.80. The largest absolute Gasteiger partial charge is 0.240 e. The van der Waals surface area contributed by atoms with Gasteiger partial charge in [0.15, 0.2) is 0 Å². The predicted octanol–water partition coefficient (Wildman–Crippen LogP) is 3.58. The van der Waals surface area contributed by atoms with Crippen LogP contribution in [0, 0.1) is 0 Å². The Morgan fingerprint density at radius 2 is 1.73 bits per heavy atom. The molecule has 1 fully saturated rings. The molecule has 0 N–H and O–H groups in total. The third kappa shape index (κ3) is 2.94. The van der Waals surface area contributed by atoms with Crippen molar-refractivity contribution in [3.8, 4) is 0 Å². The highest BCUT2D eigenvalue weighted by Gasteiger charge is 2.32. The molecular weight excluding hydrogens is 170 g/mol. The first-order chi connectivity index (χ1) is 5.12. The monoisotopic (exact) mass is 182 g/mol. The molecule has 0 amide bonds. The van der Waals surface area contributed by atoms with Gasteiger partial charge in [0.2, 0.25) is 6.43 Å². The molecular formula is C8H13ClF2. The molecule has 0 aliphatic heterocycles. The van der Waals surface area contributed by atoms with Gasteiger partial charge in [-0.15, -0.1) is 11.6 Å². The fourth-order valence-corrected chi connectivity index (χ4v) is 2.05. The lowest BCUT2D eigenvalue weighted by atomic mass is 9.86. The molecule has 0 aromatic heterocycles. The lowest BCUT2D eigenvalue weighted by Gasteiger charge is -2.30. The van der Waals surface area contributed by atoms with Crippen LogP contribution >= 0.6 is 11.6 Å². The Morgan fingerprint density at radius 3 is 2.18 bits per heavy atom. The maximum atomic E-state index is 12.0. The van der Waals surface area contributed by atoms with Gasteiger partial charge >= 0.3 is 0 Å². The van der Waals surface area contributed by atoms with E-state index in [0.29, 0.717) is 0 Å². The van der Waals surface area contributed by atoms with Crippen molar-refractivity contribution in [2.45, 2.75) is 49.8 Å². The Hall–Kier alpha value is 0.150. The Labute approximate surface area is 70.9 Å². The molecule has 0 nitrogen and oxygen atoms in total.